The van der Waals surface area contributed by atoms with Gasteiger partial charge in [0.15, 0.2) is 0 Å². The van der Waals surface area contributed by atoms with Gasteiger partial charge in [-0.15, -0.1) is 0 Å². The van der Waals surface area contributed by atoms with E-state index in [1.807, 2.05) is 59.6 Å². The Labute approximate surface area is 171 Å². The van der Waals surface area contributed by atoms with Crippen molar-refractivity contribution in [2.75, 3.05) is 44.2 Å². The molecule has 4 rings (SSSR count). The molecule has 1 unspecified atom stereocenters. The number of hydrogen-bond donors (Lipinski definition) is 1. The fourth-order valence-electron chi connectivity index (χ4n) is 4.40. The number of rotatable bonds is 6. The lowest BCUT2D eigenvalue weighted by atomic mass is 10.0. The maximum atomic E-state index is 11.6. The molecule has 2 aromatic rings. The summed E-state index contributed by atoms with van der Waals surface area (Å²) in [5, 5.41) is 9.52. The average molecular weight is 396 g/mol. The Kier molecular flexibility index (Phi) is 5.97. The molecule has 1 aromatic carbocycles. The summed E-state index contributed by atoms with van der Waals surface area (Å²) in [6.45, 7) is 3.95. The molecule has 7 nitrogen and oxygen atoms in total. The number of aliphatic carboxylic acids is 1. The molecule has 154 valence electrons. The maximum absolute atomic E-state index is 11.6. The fourth-order valence-corrected chi connectivity index (χ4v) is 4.40. The van der Waals surface area contributed by atoms with Crippen molar-refractivity contribution in [3.63, 3.8) is 0 Å². The first-order valence-electron chi connectivity index (χ1n) is 10.3. The number of aromatic nitrogens is 1. The van der Waals surface area contributed by atoms with Crippen molar-refractivity contribution in [3.8, 4) is 5.75 Å². The highest BCUT2D eigenvalue weighted by atomic mass is 16.5. The number of likely N-dealkylation sites (tertiary alicyclic amines) is 1. The smallest absolute Gasteiger partial charge is 0.317 e. The number of para-hydroxylation sites is 1. The van der Waals surface area contributed by atoms with Crippen molar-refractivity contribution in [3.05, 3.63) is 54.7 Å². The first kappa shape index (κ1) is 19.7. The number of anilines is 1. The Morgan fingerprint density at radius 1 is 1.00 bits per heavy atom. The highest BCUT2D eigenvalue weighted by Gasteiger charge is 2.48. The quantitative estimate of drug-likeness (QED) is 0.805. The number of carboxylic acids is 1. The summed E-state index contributed by atoms with van der Waals surface area (Å²) in [7, 11) is 0. The molecule has 0 spiro atoms. The minimum absolute atomic E-state index is 0.0205. The van der Waals surface area contributed by atoms with Crippen LogP contribution in [0.4, 0.5) is 5.82 Å². The van der Waals surface area contributed by atoms with E-state index in [4.69, 9.17) is 4.74 Å². The van der Waals surface area contributed by atoms with Crippen LogP contribution in [-0.2, 0) is 4.79 Å². The lowest BCUT2D eigenvalue weighted by Gasteiger charge is -2.54. The predicted octanol–water partition coefficient (Wildman–Crippen LogP) is 2.51. The summed E-state index contributed by atoms with van der Waals surface area (Å²) in [5.74, 6) is 0.210. The Bertz CT molecular complexity index is 796. The normalized spacial score (nSPS) is 23.7. The van der Waals surface area contributed by atoms with Gasteiger partial charge in [0.2, 0.25) is 5.85 Å². The zero-order chi connectivity index (χ0) is 20.1. The average Bonchev–Trinajstić information content (AvgIpc) is 2.76. The van der Waals surface area contributed by atoms with Crippen molar-refractivity contribution in [2.45, 2.75) is 25.1 Å². The monoisotopic (exact) mass is 396 g/mol. The van der Waals surface area contributed by atoms with E-state index < -0.39 is 11.8 Å². The first-order chi connectivity index (χ1) is 14.2. The Balaban J connectivity index is 1.57. The third-order valence-electron chi connectivity index (χ3n) is 5.77. The molecular weight excluding hydrogens is 368 g/mol. The molecule has 2 aliphatic heterocycles. The van der Waals surface area contributed by atoms with Crippen molar-refractivity contribution >= 4 is 11.8 Å². The molecule has 1 aromatic heterocycles. The van der Waals surface area contributed by atoms with Gasteiger partial charge in [-0.25, -0.2) is 14.8 Å². The van der Waals surface area contributed by atoms with E-state index in [0.717, 1.165) is 63.6 Å². The third kappa shape index (κ3) is 4.36. The number of piperazine rings is 1. The number of ether oxygens (including phenoxy) is 1. The Hall–Kier alpha value is -2.64. The van der Waals surface area contributed by atoms with E-state index in [1.54, 1.807) is 0 Å². The highest BCUT2D eigenvalue weighted by molar-refractivity contribution is 5.69. The van der Waals surface area contributed by atoms with Crippen LogP contribution in [0.25, 0.3) is 0 Å². The van der Waals surface area contributed by atoms with E-state index in [1.165, 1.54) is 0 Å². The topological polar surface area (TPSA) is 69.1 Å². The molecular formula is C22H28N4O3. The largest absolute Gasteiger partial charge is 0.480 e. The van der Waals surface area contributed by atoms with Gasteiger partial charge in [0.1, 0.15) is 18.1 Å². The molecule has 1 N–H and O–H groups in total. The van der Waals surface area contributed by atoms with E-state index >= 15 is 0 Å². The molecule has 0 bridgehead atoms. The molecule has 2 saturated heterocycles. The zero-order valence-corrected chi connectivity index (χ0v) is 16.6. The summed E-state index contributed by atoms with van der Waals surface area (Å²) in [4.78, 5) is 22.7. The number of hydrogen-bond acceptors (Lipinski definition) is 6. The molecule has 29 heavy (non-hydrogen) atoms. The molecule has 0 aliphatic carbocycles. The standard InChI is InChI=1S/C22H28N4O3/c27-21(28)18-26-13-7-5-11-22(26,29-19-8-2-1-3-9-19)25-16-14-24(15-17-25)20-10-4-6-12-23-20/h1-4,6,8-10,12H,5,7,11,13-18H2,(H,27,28). The van der Waals surface area contributed by atoms with Gasteiger partial charge in [-0.05, 0) is 37.1 Å². The lowest BCUT2D eigenvalue weighted by molar-refractivity contribution is -0.218. The zero-order valence-electron chi connectivity index (χ0n) is 16.6. The van der Waals surface area contributed by atoms with Crippen molar-refractivity contribution in [1.29, 1.82) is 0 Å². The van der Waals surface area contributed by atoms with Crippen molar-refractivity contribution in [1.82, 2.24) is 14.8 Å². The molecule has 7 heteroatoms. The SMILES string of the molecule is O=C(O)CN1CCCCC1(Oc1ccccc1)N1CCN(c2ccccn2)CC1. The second kappa shape index (κ2) is 8.80. The van der Waals surface area contributed by atoms with Gasteiger partial charge in [0.05, 0.1) is 0 Å². The van der Waals surface area contributed by atoms with Crippen LogP contribution >= 0.6 is 0 Å². The fraction of sp³-hybridized carbons (Fsp3) is 0.455. The van der Waals surface area contributed by atoms with Crippen LogP contribution in [0.5, 0.6) is 5.75 Å². The minimum atomic E-state index is -0.819. The number of pyridine rings is 1. The molecule has 2 fully saturated rings. The predicted molar refractivity (Wildman–Crippen MR) is 111 cm³/mol. The van der Waals surface area contributed by atoms with Crippen LogP contribution in [0.3, 0.4) is 0 Å². The second-order valence-corrected chi connectivity index (χ2v) is 7.59. The molecule has 1 atom stereocenters. The van der Waals surface area contributed by atoms with Gasteiger partial charge >= 0.3 is 5.97 Å². The van der Waals surface area contributed by atoms with Gasteiger partial charge in [-0.3, -0.25) is 4.79 Å². The molecule has 2 aliphatic rings. The highest BCUT2D eigenvalue weighted by Crippen LogP contribution is 2.35. The summed E-state index contributed by atoms with van der Waals surface area (Å²) in [6, 6.07) is 15.7. The van der Waals surface area contributed by atoms with Crippen molar-refractivity contribution in [2.24, 2.45) is 0 Å². The molecule has 0 saturated carbocycles. The van der Waals surface area contributed by atoms with Crippen LogP contribution in [0.15, 0.2) is 54.7 Å². The number of benzene rings is 1. The van der Waals surface area contributed by atoms with Crippen LogP contribution in [-0.4, -0.2) is 71.0 Å². The number of nitrogens with zero attached hydrogens (tertiary/aromatic N) is 4. The van der Waals surface area contributed by atoms with Gasteiger partial charge < -0.3 is 14.7 Å². The van der Waals surface area contributed by atoms with Gasteiger partial charge in [-0.2, -0.15) is 0 Å². The molecule has 0 amide bonds. The first-order valence-corrected chi connectivity index (χ1v) is 10.3. The summed E-state index contributed by atoms with van der Waals surface area (Å²) in [5.41, 5.74) is 0. The molecule has 0 radical (unpaired) electrons. The summed E-state index contributed by atoms with van der Waals surface area (Å²) >= 11 is 0. The van der Waals surface area contributed by atoms with Crippen LogP contribution in [0.1, 0.15) is 19.3 Å². The summed E-state index contributed by atoms with van der Waals surface area (Å²) in [6.07, 6.45) is 4.61. The van der Waals surface area contributed by atoms with E-state index in [0.29, 0.717) is 0 Å². The number of carboxylic acid groups (broad SMARTS) is 1. The number of piperidine rings is 1. The lowest BCUT2D eigenvalue weighted by Crippen LogP contribution is -2.70. The minimum Gasteiger partial charge on any atom is -0.480 e. The van der Waals surface area contributed by atoms with Gasteiger partial charge in [0, 0.05) is 45.3 Å². The van der Waals surface area contributed by atoms with Gasteiger partial charge in [0.25, 0.3) is 0 Å². The van der Waals surface area contributed by atoms with E-state index in [2.05, 4.69) is 14.8 Å². The van der Waals surface area contributed by atoms with E-state index in [-0.39, 0.29) is 6.54 Å². The van der Waals surface area contributed by atoms with Gasteiger partial charge in [-0.1, -0.05) is 24.3 Å². The Morgan fingerprint density at radius 3 is 2.45 bits per heavy atom. The number of carbonyl (C=O) groups is 1. The third-order valence-corrected chi connectivity index (χ3v) is 5.77. The van der Waals surface area contributed by atoms with Crippen molar-refractivity contribution < 1.29 is 14.6 Å². The van der Waals surface area contributed by atoms with Crippen LogP contribution in [0.2, 0.25) is 0 Å². The Morgan fingerprint density at radius 2 is 1.76 bits per heavy atom. The molecule has 3 heterocycles. The van der Waals surface area contributed by atoms with Crippen LogP contribution in [0, 0.1) is 0 Å². The van der Waals surface area contributed by atoms with E-state index in [9.17, 15) is 9.90 Å². The van der Waals surface area contributed by atoms with Crippen LogP contribution < -0.4 is 9.64 Å². The maximum Gasteiger partial charge on any atom is 0.317 e. The second-order valence-electron chi connectivity index (χ2n) is 7.59. The summed E-state index contributed by atoms with van der Waals surface area (Å²) < 4.78 is 6.59.